The van der Waals surface area contributed by atoms with Gasteiger partial charge in [0.05, 0.1) is 0 Å². The van der Waals surface area contributed by atoms with E-state index in [1.54, 1.807) is 18.2 Å². The van der Waals surface area contributed by atoms with Crippen molar-refractivity contribution in [2.24, 2.45) is 0 Å². The summed E-state index contributed by atoms with van der Waals surface area (Å²) in [6.45, 7) is 0.365. The predicted octanol–water partition coefficient (Wildman–Crippen LogP) is 0.0380. The summed E-state index contributed by atoms with van der Waals surface area (Å²) >= 11 is 0. The van der Waals surface area contributed by atoms with E-state index in [1.807, 2.05) is 18.2 Å². The molecule has 0 bridgehead atoms. The van der Waals surface area contributed by atoms with Gasteiger partial charge in [-0.2, -0.15) is 0 Å². The highest BCUT2D eigenvalue weighted by Gasteiger charge is 2.42. The number of nitrogens with zero attached hydrogens (tertiary/aromatic N) is 1. The molecule has 0 aromatic heterocycles. The molecule has 1 aromatic carbocycles. The largest absolute Gasteiger partial charge is 0.480 e. The van der Waals surface area contributed by atoms with Crippen molar-refractivity contribution in [3.05, 3.63) is 42.0 Å². The average Bonchev–Trinajstić information content (AvgIpc) is 2.52. The summed E-state index contributed by atoms with van der Waals surface area (Å²) in [4.78, 5) is 35.7. The number of carboxylic acids is 2. The molecular formula is C15H16N2O5. The molecule has 1 aromatic rings. The Morgan fingerprint density at radius 2 is 1.82 bits per heavy atom. The third-order valence-corrected chi connectivity index (χ3v) is 3.39. The standard InChI is InChI=1S/C15H16N2O5/c18-11(7-6-10-4-2-1-3-5-10)17-9-8-16-12(14(19)20)13(17)15(21)22/h1-7,12-13,16H,8-9H2,(H,19,20)(H,21,22)/b7-6+. The molecule has 1 saturated heterocycles. The van der Waals surface area contributed by atoms with E-state index in [0.717, 1.165) is 10.5 Å². The Bertz CT molecular complexity index is 599. The number of hydrogen-bond acceptors (Lipinski definition) is 4. The minimum atomic E-state index is -1.43. The summed E-state index contributed by atoms with van der Waals surface area (Å²) in [6.07, 6.45) is 2.83. The van der Waals surface area contributed by atoms with Gasteiger partial charge in [-0.25, -0.2) is 4.79 Å². The van der Waals surface area contributed by atoms with Gasteiger partial charge in [0.25, 0.3) is 0 Å². The summed E-state index contributed by atoms with van der Waals surface area (Å²) in [5, 5.41) is 20.9. The van der Waals surface area contributed by atoms with E-state index < -0.39 is 29.9 Å². The molecule has 7 nitrogen and oxygen atoms in total. The number of carbonyl (C=O) groups excluding carboxylic acids is 1. The van der Waals surface area contributed by atoms with Crippen molar-refractivity contribution in [1.82, 2.24) is 10.2 Å². The predicted molar refractivity (Wildman–Crippen MR) is 78.0 cm³/mol. The molecule has 1 aliphatic heterocycles. The minimum absolute atomic E-state index is 0.138. The topological polar surface area (TPSA) is 107 Å². The fraction of sp³-hybridized carbons (Fsp3) is 0.267. The van der Waals surface area contributed by atoms with E-state index in [0.29, 0.717) is 0 Å². The summed E-state index contributed by atoms with van der Waals surface area (Å²) < 4.78 is 0. The zero-order valence-electron chi connectivity index (χ0n) is 11.7. The van der Waals surface area contributed by atoms with Crippen LogP contribution >= 0.6 is 0 Å². The lowest BCUT2D eigenvalue weighted by Gasteiger charge is -2.36. The van der Waals surface area contributed by atoms with Crippen LogP contribution < -0.4 is 5.32 Å². The van der Waals surface area contributed by atoms with Crippen LogP contribution in [0, 0.1) is 0 Å². The van der Waals surface area contributed by atoms with Gasteiger partial charge in [0.2, 0.25) is 5.91 Å². The van der Waals surface area contributed by atoms with Gasteiger partial charge in [-0.05, 0) is 11.6 Å². The molecule has 2 rings (SSSR count). The Labute approximate surface area is 126 Å². The van der Waals surface area contributed by atoms with Gasteiger partial charge in [0.1, 0.15) is 6.04 Å². The van der Waals surface area contributed by atoms with E-state index >= 15 is 0 Å². The number of hydrogen-bond donors (Lipinski definition) is 3. The first-order valence-corrected chi connectivity index (χ1v) is 6.73. The van der Waals surface area contributed by atoms with Crippen LogP contribution in [-0.4, -0.2) is 58.1 Å². The van der Waals surface area contributed by atoms with Gasteiger partial charge >= 0.3 is 11.9 Å². The Morgan fingerprint density at radius 1 is 1.14 bits per heavy atom. The maximum atomic E-state index is 12.2. The van der Waals surface area contributed by atoms with Gasteiger partial charge in [-0.15, -0.1) is 0 Å². The van der Waals surface area contributed by atoms with E-state index in [2.05, 4.69) is 5.32 Å². The van der Waals surface area contributed by atoms with Crippen molar-refractivity contribution in [1.29, 1.82) is 0 Å². The monoisotopic (exact) mass is 304 g/mol. The van der Waals surface area contributed by atoms with Crippen molar-refractivity contribution in [2.75, 3.05) is 13.1 Å². The Morgan fingerprint density at radius 3 is 2.41 bits per heavy atom. The van der Waals surface area contributed by atoms with E-state index in [-0.39, 0.29) is 13.1 Å². The zero-order valence-corrected chi connectivity index (χ0v) is 11.7. The fourth-order valence-corrected chi connectivity index (χ4v) is 2.34. The SMILES string of the molecule is O=C(O)C1NCCN(C(=O)/C=C/c2ccccc2)C1C(=O)O. The molecule has 0 saturated carbocycles. The highest BCUT2D eigenvalue weighted by Crippen LogP contribution is 2.12. The molecule has 0 aliphatic carbocycles. The van der Waals surface area contributed by atoms with E-state index in [4.69, 9.17) is 5.11 Å². The molecular weight excluding hydrogens is 288 g/mol. The van der Waals surface area contributed by atoms with Crippen molar-refractivity contribution in [3.8, 4) is 0 Å². The number of piperazine rings is 1. The third-order valence-electron chi connectivity index (χ3n) is 3.39. The molecule has 1 aliphatic rings. The maximum Gasteiger partial charge on any atom is 0.328 e. The second kappa shape index (κ2) is 6.86. The van der Waals surface area contributed by atoms with Crippen molar-refractivity contribution in [3.63, 3.8) is 0 Å². The molecule has 1 fully saturated rings. The molecule has 2 atom stereocenters. The second-order valence-corrected chi connectivity index (χ2v) is 4.83. The summed E-state index contributed by atoms with van der Waals surface area (Å²) in [5.74, 6) is -3.16. The number of rotatable bonds is 4. The van der Waals surface area contributed by atoms with Crippen LogP contribution in [0.1, 0.15) is 5.56 Å². The van der Waals surface area contributed by atoms with Crippen LogP contribution in [-0.2, 0) is 14.4 Å². The third kappa shape index (κ3) is 3.50. The Kier molecular flexibility index (Phi) is 4.90. The summed E-state index contributed by atoms with van der Waals surface area (Å²) in [5.41, 5.74) is 0.799. The molecule has 7 heteroatoms. The van der Waals surface area contributed by atoms with Crippen molar-refractivity contribution < 1.29 is 24.6 Å². The smallest absolute Gasteiger partial charge is 0.328 e. The van der Waals surface area contributed by atoms with Gasteiger partial charge in [-0.3, -0.25) is 9.59 Å². The first kappa shape index (κ1) is 15.7. The van der Waals surface area contributed by atoms with E-state index in [9.17, 15) is 19.5 Å². The lowest BCUT2D eigenvalue weighted by molar-refractivity contribution is -0.157. The van der Waals surface area contributed by atoms with Crippen LogP contribution in [0.15, 0.2) is 36.4 Å². The maximum absolute atomic E-state index is 12.2. The molecule has 0 spiro atoms. The molecule has 22 heavy (non-hydrogen) atoms. The van der Waals surface area contributed by atoms with E-state index in [1.165, 1.54) is 6.08 Å². The van der Waals surface area contributed by atoms with Crippen LogP contribution in [0.2, 0.25) is 0 Å². The molecule has 2 unspecified atom stereocenters. The molecule has 3 N–H and O–H groups in total. The van der Waals surface area contributed by atoms with Crippen molar-refractivity contribution >= 4 is 23.9 Å². The summed E-state index contributed by atoms with van der Waals surface area (Å²) in [7, 11) is 0. The van der Waals surface area contributed by atoms with Gasteiger partial charge < -0.3 is 20.4 Å². The lowest BCUT2D eigenvalue weighted by Crippen LogP contribution is -2.64. The first-order chi connectivity index (χ1) is 10.5. The highest BCUT2D eigenvalue weighted by atomic mass is 16.4. The lowest BCUT2D eigenvalue weighted by atomic mass is 10.0. The highest BCUT2D eigenvalue weighted by molar-refractivity contribution is 5.96. The van der Waals surface area contributed by atoms with Crippen molar-refractivity contribution in [2.45, 2.75) is 12.1 Å². The second-order valence-electron chi connectivity index (χ2n) is 4.83. The zero-order chi connectivity index (χ0) is 16.1. The number of carboxylic acid groups (broad SMARTS) is 2. The van der Waals surface area contributed by atoms with Crippen LogP contribution in [0.5, 0.6) is 0 Å². The van der Waals surface area contributed by atoms with Gasteiger partial charge in [0.15, 0.2) is 6.04 Å². The Hall–Kier alpha value is -2.67. The number of amides is 1. The molecule has 1 amide bonds. The Balaban J connectivity index is 2.17. The van der Waals surface area contributed by atoms with Gasteiger partial charge in [0, 0.05) is 19.2 Å². The normalized spacial score (nSPS) is 21.7. The van der Waals surface area contributed by atoms with Crippen LogP contribution in [0.25, 0.3) is 6.08 Å². The van der Waals surface area contributed by atoms with Crippen LogP contribution in [0.3, 0.4) is 0 Å². The minimum Gasteiger partial charge on any atom is -0.480 e. The first-order valence-electron chi connectivity index (χ1n) is 6.73. The number of benzene rings is 1. The fourth-order valence-electron chi connectivity index (χ4n) is 2.34. The summed E-state index contributed by atoms with van der Waals surface area (Å²) in [6, 6.07) is 6.32. The number of aliphatic carboxylic acids is 2. The quantitative estimate of drug-likeness (QED) is 0.678. The number of nitrogens with one attached hydrogen (secondary N) is 1. The average molecular weight is 304 g/mol. The molecule has 1 heterocycles. The van der Waals surface area contributed by atoms with Gasteiger partial charge in [-0.1, -0.05) is 30.3 Å². The molecule has 0 radical (unpaired) electrons. The van der Waals surface area contributed by atoms with Crippen LogP contribution in [0.4, 0.5) is 0 Å². The number of carbonyl (C=O) groups is 3. The molecule has 116 valence electrons.